The molecule has 20 heavy (non-hydrogen) atoms. The summed E-state index contributed by atoms with van der Waals surface area (Å²) in [5, 5.41) is 3.43. The van der Waals surface area contributed by atoms with Crippen molar-refractivity contribution in [3.05, 3.63) is 0 Å². The van der Waals surface area contributed by atoms with E-state index in [1.807, 2.05) is 6.92 Å². The average molecular weight is 282 g/mol. The smallest absolute Gasteiger partial charge is 0.326 e. The summed E-state index contributed by atoms with van der Waals surface area (Å²) in [6.07, 6.45) is 3.12. The molecule has 0 aromatic rings. The quantitative estimate of drug-likeness (QED) is 0.804. The summed E-state index contributed by atoms with van der Waals surface area (Å²) in [6, 6.07) is 0. The second kappa shape index (κ2) is 6.02. The van der Waals surface area contributed by atoms with Crippen LogP contribution in [0, 0.1) is 11.3 Å². The Labute approximate surface area is 123 Å². The number of carbonyl (C=O) groups is 1. The van der Waals surface area contributed by atoms with Gasteiger partial charge in [-0.1, -0.05) is 20.8 Å². The minimum atomic E-state index is -0.411. The molecular formula is C16H30N2O2. The van der Waals surface area contributed by atoms with E-state index >= 15 is 0 Å². The molecule has 116 valence electrons. The van der Waals surface area contributed by atoms with Crippen LogP contribution in [0.1, 0.15) is 47.0 Å². The first kappa shape index (κ1) is 15.8. The van der Waals surface area contributed by atoms with E-state index in [1.165, 1.54) is 0 Å². The molecule has 2 fully saturated rings. The maximum Gasteiger partial charge on any atom is 0.326 e. The predicted octanol–water partition coefficient (Wildman–Crippen LogP) is 2.04. The van der Waals surface area contributed by atoms with E-state index in [2.05, 4.69) is 31.0 Å². The second-order valence-corrected chi connectivity index (χ2v) is 7.18. The Hall–Kier alpha value is -0.610. The minimum Gasteiger partial charge on any atom is -0.465 e. The van der Waals surface area contributed by atoms with Gasteiger partial charge in [0.15, 0.2) is 0 Å². The minimum absolute atomic E-state index is 0.0000231. The third-order valence-corrected chi connectivity index (χ3v) is 4.96. The molecular weight excluding hydrogens is 252 g/mol. The highest BCUT2D eigenvalue weighted by Crippen LogP contribution is 2.51. The number of hydrogen-bond acceptors (Lipinski definition) is 4. The van der Waals surface area contributed by atoms with Gasteiger partial charge in [0.2, 0.25) is 0 Å². The van der Waals surface area contributed by atoms with Crippen molar-refractivity contribution in [3.8, 4) is 0 Å². The van der Waals surface area contributed by atoms with Gasteiger partial charge in [0, 0.05) is 19.6 Å². The number of esters is 1. The van der Waals surface area contributed by atoms with Crippen molar-refractivity contribution in [1.82, 2.24) is 10.2 Å². The standard InChI is InChI=1S/C16H30N2O2/c1-5-20-14(19)16(12-15(3,4)11-13(16)2)18-9-6-7-17-8-10-18/h13,17H,5-12H2,1-4H3. The molecule has 0 radical (unpaired) electrons. The van der Waals surface area contributed by atoms with Crippen molar-refractivity contribution in [2.75, 3.05) is 32.8 Å². The van der Waals surface area contributed by atoms with Crippen LogP contribution in [0.25, 0.3) is 0 Å². The lowest BCUT2D eigenvalue weighted by Crippen LogP contribution is -2.58. The van der Waals surface area contributed by atoms with Gasteiger partial charge in [-0.3, -0.25) is 9.69 Å². The van der Waals surface area contributed by atoms with Crippen LogP contribution < -0.4 is 5.32 Å². The SMILES string of the molecule is CCOC(=O)C1(N2CCCNCC2)CC(C)(C)CC1C. The largest absolute Gasteiger partial charge is 0.465 e. The predicted molar refractivity (Wildman–Crippen MR) is 80.6 cm³/mol. The number of rotatable bonds is 3. The zero-order chi connectivity index (χ0) is 14.8. The van der Waals surface area contributed by atoms with Gasteiger partial charge in [0.05, 0.1) is 6.61 Å². The normalized spacial score (nSPS) is 34.7. The molecule has 1 saturated carbocycles. The lowest BCUT2D eigenvalue weighted by atomic mass is 9.84. The van der Waals surface area contributed by atoms with Gasteiger partial charge >= 0.3 is 5.97 Å². The highest BCUT2D eigenvalue weighted by molar-refractivity contribution is 5.82. The summed E-state index contributed by atoms with van der Waals surface area (Å²) >= 11 is 0. The summed E-state index contributed by atoms with van der Waals surface area (Å²) in [5.41, 5.74) is -0.197. The molecule has 1 saturated heterocycles. The molecule has 0 spiro atoms. The van der Waals surface area contributed by atoms with Crippen LogP contribution in [-0.4, -0.2) is 49.2 Å². The first-order chi connectivity index (χ1) is 9.42. The van der Waals surface area contributed by atoms with E-state index in [0.29, 0.717) is 12.5 Å². The van der Waals surface area contributed by atoms with Crippen molar-refractivity contribution in [1.29, 1.82) is 0 Å². The van der Waals surface area contributed by atoms with Gasteiger partial charge < -0.3 is 10.1 Å². The van der Waals surface area contributed by atoms with Crippen LogP contribution in [0.4, 0.5) is 0 Å². The van der Waals surface area contributed by atoms with Gasteiger partial charge in [-0.2, -0.15) is 0 Å². The molecule has 1 aliphatic carbocycles. The summed E-state index contributed by atoms with van der Waals surface area (Å²) in [7, 11) is 0. The summed E-state index contributed by atoms with van der Waals surface area (Å²) in [6.45, 7) is 13.1. The van der Waals surface area contributed by atoms with Crippen molar-refractivity contribution < 1.29 is 9.53 Å². The Balaban J connectivity index is 2.30. The number of carbonyl (C=O) groups excluding carboxylic acids is 1. The van der Waals surface area contributed by atoms with Gasteiger partial charge in [0.25, 0.3) is 0 Å². The maximum atomic E-state index is 12.8. The molecule has 4 nitrogen and oxygen atoms in total. The van der Waals surface area contributed by atoms with E-state index in [1.54, 1.807) is 0 Å². The number of nitrogens with one attached hydrogen (secondary N) is 1. The van der Waals surface area contributed by atoms with Crippen LogP contribution in [0.5, 0.6) is 0 Å². The lowest BCUT2D eigenvalue weighted by Gasteiger charge is -2.42. The van der Waals surface area contributed by atoms with E-state index < -0.39 is 5.54 Å². The summed E-state index contributed by atoms with van der Waals surface area (Å²) in [4.78, 5) is 15.2. The molecule has 1 aliphatic heterocycles. The maximum absolute atomic E-state index is 12.8. The molecule has 4 heteroatoms. The molecule has 2 aliphatic rings. The molecule has 1 heterocycles. The molecule has 2 unspecified atom stereocenters. The van der Waals surface area contributed by atoms with Gasteiger partial charge in [-0.25, -0.2) is 0 Å². The van der Waals surface area contributed by atoms with Gasteiger partial charge in [-0.15, -0.1) is 0 Å². The number of hydrogen-bond donors (Lipinski definition) is 1. The van der Waals surface area contributed by atoms with Crippen LogP contribution >= 0.6 is 0 Å². The summed E-state index contributed by atoms with van der Waals surface area (Å²) in [5.74, 6) is 0.356. The Kier molecular flexibility index (Phi) is 4.75. The highest BCUT2D eigenvalue weighted by atomic mass is 16.5. The van der Waals surface area contributed by atoms with Gasteiger partial charge in [0.1, 0.15) is 5.54 Å². The third-order valence-electron chi connectivity index (χ3n) is 4.96. The first-order valence-corrected chi connectivity index (χ1v) is 8.05. The second-order valence-electron chi connectivity index (χ2n) is 7.18. The highest BCUT2D eigenvalue weighted by Gasteiger charge is 2.57. The average Bonchev–Trinajstić information content (AvgIpc) is 2.58. The Morgan fingerprint density at radius 2 is 2.10 bits per heavy atom. The van der Waals surface area contributed by atoms with Crippen LogP contribution in [-0.2, 0) is 9.53 Å². The number of ether oxygens (including phenoxy) is 1. The van der Waals surface area contributed by atoms with E-state index in [9.17, 15) is 4.79 Å². The zero-order valence-corrected chi connectivity index (χ0v) is 13.5. The van der Waals surface area contributed by atoms with Crippen molar-refractivity contribution in [2.45, 2.75) is 52.5 Å². The first-order valence-electron chi connectivity index (χ1n) is 8.05. The monoisotopic (exact) mass is 282 g/mol. The number of nitrogens with zero attached hydrogens (tertiary/aromatic N) is 1. The molecule has 0 bridgehead atoms. The van der Waals surface area contributed by atoms with Crippen molar-refractivity contribution >= 4 is 5.97 Å². The molecule has 0 aromatic heterocycles. The van der Waals surface area contributed by atoms with E-state index in [0.717, 1.165) is 45.4 Å². The fourth-order valence-electron chi connectivity index (χ4n) is 4.30. The van der Waals surface area contributed by atoms with E-state index in [4.69, 9.17) is 4.74 Å². The zero-order valence-electron chi connectivity index (χ0n) is 13.5. The fraction of sp³-hybridized carbons (Fsp3) is 0.938. The molecule has 1 N–H and O–H groups in total. The lowest BCUT2D eigenvalue weighted by molar-refractivity contribution is -0.161. The third kappa shape index (κ3) is 2.86. The Morgan fingerprint density at radius 1 is 1.35 bits per heavy atom. The molecule has 0 amide bonds. The molecule has 0 aromatic carbocycles. The van der Waals surface area contributed by atoms with E-state index in [-0.39, 0.29) is 11.4 Å². The molecule has 2 atom stereocenters. The van der Waals surface area contributed by atoms with Crippen LogP contribution in [0.15, 0.2) is 0 Å². The Morgan fingerprint density at radius 3 is 2.70 bits per heavy atom. The summed E-state index contributed by atoms with van der Waals surface area (Å²) < 4.78 is 5.49. The topological polar surface area (TPSA) is 41.6 Å². The fourth-order valence-corrected chi connectivity index (χ4v) is 4.30. The molecule has 2 rings (SSSR count). The van der Waals surface area contributed by atoms with Gasteiger partial charge in [-0.05, 0) is 44.1 Å². The van der Waals surface area contributed by atoms with Crippen LogP contribution in [0.2, 0.25) is 0 Å². The Bertz CT molecular complexity index is 348. The van der Waals surface area contributed by atoms with Crippen LogP contribution in [0.3, 0.4) is 0 Å². The van der Waals surface area contributed by atoms with Crippen molar-refractivity contribution in [3.63, 3.8) is 0 Å². The van der Waals surface area contributed by atoms with Crippen molar-refractivity contribution in [2.24, 2.45) is 11.3 Å².